The standard InChI is InChI=1S/C18H24BFN4O2/c1-6-24-12-13(16(23-24)14-11-21-9-10-22-14)7-8-15(20)19-25-17(2,3)18(4,5)26-19/h8-12H,6-7H2,1-5H3. The maximum Gasteiger partial charge on any atom is 0.524 e. The summed E-state index contributed by atoms with van der Waals surface area (Å²) in [5.74, 6) is 0. The molecule has 3 rings (SSSR count). The van der Waals surface area contributed by atoms with E-state index in [9.17, 15) is 4.39 Å². The molecule has 0 bridgehead atoms. The molecule has 138 valence electrons. The van der Waals surface area contributed by atoms with Crippen LogP contribution in [0.1, 0.15) is 40.2 Å². The maximum absolute atomic E-state index is 14.7. The van der Waals surface area contributed by atoms with Crippen LogP contribution in [0.5, 0.6) is 0 Å². The van der Waals surface area contributed by atoms with Crippen molar-refractivity contribution >= 4 is 7.12 Å². The molecule has 1 fully saturated rings. The Morgan fingerprint density at radius 3 is 2.50 bits per heavy atom. The number of aryl methyl sites for hydroxylation is 1. The van der Waals surface area contributed by atoms with E-state index in [-0.39, 0.29) is 0 Å². The highest BCUT2D eigenvalue weighted by atomic mass is 19.1. The van der Waals surface area contributed by atoms with Gasteiger partial charge in [0.15, 0.2) is 0 Å². The lowest BCUT2D eigenvalue weighted by Gasteiger charge is -2.32. The third-order valence-corrected chi connectivity index (χ3v) is 4.96. The average Bonchev–Trinajstić information content (AvgIpc) is 3.11. The molecule has 6 nitrogen and oxygen atoms in total. The molecule has 0 saturated carbocycles. The van der Waals surface area contributed by atoms with E-state index in [0.717, 1.165) is 12.1 Å². The summed E-state index contributed by atoms with van der Waals surface area (Å²) in [5, 5.41) is 4.52. The number of hydrogen-bond donors (Lipinski definition) is 0. The van der Waals surface area contributed by atoms with Crippen molar-refractivity contribution in [3.8, 4) is 11.4 Å². The Morgan fingerprint density at radius 2 is 1.92 bits per heavy atom. The molecule has 1 saturated heterocycles. The van der Waals surface area contributed by atoms with Crippen LogP contribution >= 0.6 is 0 Å². The molecule has 0 radical (unpaired) electrons. The van der Waals surface area contributed by atoms with Crippen molar-refractivity contribution in [2.75, 3.05) is 0 Å². The quantitative estimate of drug-likeness (QED) is 0.767. The number of rotatable bonds is 5. The van der Waals surface area contributed by atoms with Crippen LogP contribution in [0.15, 0.2) is 36.6 Å². The third kappa shape index (κ3) is 3.57. The molecule has 2 aromatic rings. The van der Waals surface area contributed by atoms with Gasteiger partial charge in [-0.25, -0.2) is 4.39 Å². The fourth-order valence-electron chi connectivity index (χ4n) is 2.67. The highest BCUT2D eigenvalue weighted by Gasteiger charge is 2.52. The maximum atomic E-state index is 14.7. The predicted octanol–water partition coefficient (Wildman–Crippen LogP) is 3.39. The largest absolute Gasteiger partial charge is 0.524 e. The van der Waals surface area contributed by atoms with Gasteiger partial charge in [0.1, 0.15) is 17.1 Å². The summed E-state index contributed by atoms with van der Waals surface area (Å²) in [6.45, 7) is 10.3. The van der Waals surface area contributed by atoms with Crippen molar-refractivity contribution in [2.45, 2.75) is 58.8 Å². The molecular weight excluding hydrogens is 334 g/mol. The van der Waals surface area contributed by atoms with Crippen molar-refractivity contribution in [3.05, 3.63) is 42.2 Å². The van der Waals surface area contributed by atoms with Crippen molar-refractivity contribution in [3.63, 3.8) is 0 Å². The first-order valence-corrected chi connectivity index (χ1v) is 8.77. The van der Waals surface area contributed by atoms with Gasteiger partial charge in [-0.3, -0.25) is 14.6 Å². The van der Waals surface area contributed by atoms with Gasteiger partial charge in [0, 0.05) is 30.7 Å². The Bertz CT molecular complexity index is 789. The van der Waals surface area contributed by atoms with Crippen LogP contribution < -0.4 is 0 Å². The zero-order valence-corrected chi connectivity index (χ0v) is 15.9. The van der Waals surface area contributed by atoms with Crippen LogP contribution in [0.2, 0.25) is 0 Å². The Labute approximate surface area is 153 Å². The molecule has 2 aromatic heterocycles. The topological polar surface area (TPSA) is 62.1 Å². The van der Waals surface area contributed by atoms with E-state index >= 15 is 0 Å². The number of hydrogen-bond acceptors (Lipinski definition) is 5. The van der Waals surface area contributed by atoms with Gasteiger partial charge < -0.3 is 9.31 Å². The second kappa shape index (κ2) is 6.93. The van der Waals surface area contributed by atoms with Gasteiger partial charge in [-0.2, -0.15) is 5.10 Å². The third-order valence-electron chi connectivity index (χ3n) is 4.96. The minimum Gasteiger partial charge on any atom is -0.398 e. The second-order valence-electron chi connectivity index (χ2n) is 7.33. The van der Waals surface area contributed by atoms with Crippen molar-refractivity contribution in [1.29, 1.82) is 0 Å². The first-order valence-electron chi connectivity index (χ1n) is 8.77. The fraction of sp³-hybridized carbons (Fsp3) is 0.500. The summed E-state index contributed by atoms with van der Waals surface area (Å²) in [7, 11) is -0.985. The normalized spacial score (nSPS) is 19.2. The van der Waals surface area contributed by atoms with Crippen LogP contribution in [0.3, 0.4) is 0 Å². The van der Waals surface area contributed by atoms with Crippen molar-refractivity contribution < 1.29 is 13.7 Å². The minimum absolute atomic E-state index is 0.363. The molecule has 0 unspecified atom stereocenters. The van der Waals surface area contributed by atoms with E-state index < -0.39 is 24.0 Å². The van der Waals surface area contributed by atoms with Gasteiger partial charge in [-0.05, 0) is 41.0 Å². The van der Waals surface area contributed by atoms with E-state index in [1.54, 1.807) is 23.3 Å². The molecule has 1 aliphatic heterocycles. The lowest BCUT2D eigenvalue weighted by Crippen LogP contribution is -2.41. The predicted molar refractivity (Wildman–Crippen MR) is 97.9 cm³/mol. The summed E-state index contributed by atoms with van der Waals surface area (Å²) < 4.78 is 28.0. The Balaban J connectivity index is 1.81. The first-order chi connectivity index (χ1) is 12.2. The molecule has 0 spiro atoms. The molecule has 1 aliphatic rings. The molecule has 0 amide bonds. The lowest BCUT2D eigenvalue weighted by molar-refractivity contribution is 0.00578. The molecule has 0 aromatic carbocycles. The number of allylic oxidation sites excluding steroid dienone is 1. The van der Waals surface area contributed by atoms with Crippen molar-refractivity contribution in [1.82, 2.24) is 19.7 Å². The molecule has 0 N–H and O–H groups in total. The van der Waals surface area contributed by atoms with Gasteiger partial charge in [0.25, 0.3) is 0 Å². The number of nitrogens with zero attached hydrogens (tertiary/aromatic N) is 4. The van der Waals surface area contributed by atoms with E-state index in [1.807, 2.05) is 40.8 Å². The fourth-order valence-corrected chi connectivity index (χ4v) is 2.67. The van der Waals surface area contributed by atoms with E-state index in [4.69, 9.17) is 9.31 Å². The summed E-state index contributed by atoms with van der Waals surface area (Å²) in [6, 6.07) is 0. The van der Waals surface area contributed by atoms with Gasteiger partial charge in [-0.1, -0.05) is 6.08 Å². The number of halogens is 1. The monoisotopic (exact) mass is 358 g/mol. The number of aromatic nitrogens is 4. The molecule has 0 aliphatic carbocycles. The van der Waals surface area contributed by atoms with E-state index in [0.29, 0.717) is 17.8 Å². The molecule has 0 atom stereocenters. The summed E-state index contributed by atoms with van der Waals surface area (Å²) in [5.41, 5.74) is 0.677. The zero-order chi connectivity index (χ0) is 18.9. The average molecular weight is 358 g/mol. The molecule has 8 heteroatoms. The van der Waals surface area contributed by atoms with Gasteiger partial charge in [0.05, 0.1) is 17.4 Å². The van der Waals surface area contributed by atoms with Crippen LogP contribution in [-0.2, 0) is 22.3 Å². The highest BCUT2D eigenvalue weighted by Crippen LogP contribution is 2.38. The highest BCUT2D eigenvalue weighted by molar-refractivity contribution is 6.53. The summed E-state index contributed by atoms with van der Waals surface area (Å²) in [6.07, 6.45) is 8.63. The zero-order valence-electron chi connectivity index (χ0n) is 15.9. The van der Waals surface area contributed by atoms with Crippen LogP contribution in [0, 0.1) is 0 Å². The first kappa shape index (κ1) is 18.7. The molecule has 26 heavy (non-hydrogen) atoms. The Kier molecular flexibility index (Phi) is 4.99. The van der Waals surface area contributed by atoms with E-state index in [2.05, 4.69) is 15.1 Å². The van der Waals surface area contributed by atoms with Gasteiger partial charge in [0.2, 0.25) is 0 Å². The lowest BCUT2D eigenvalue weighted by atomic mass is 9.87. The smallest absolute Gasteiger partial charge is 0.398 e. The van der Waals surface area contributed by atoms with Gasteiger partial charge in [-0.15, -0.1) is 0 Å². The SMILES string of the molecule is CCn1cc(CC=C(F)B2OC(C)(C)C(C)(C)O2)c(-c2cnccn2)n1. The Morgan fingerprint density at radius 1 is 1.23 bits per heavy atom. The van der Waals surface area contributed by atoms with Crippen molar-refractivity contribution in [2.24, 2.45) is 0 Å². The summed E-state index contributed by atoms with van der Waals surface area (Å²) in [4.78, 5) is 8.38. The summed E-state index contributed by atoms with van der Waals surface area (Å²) >= 11 is 0. The second-order valence-corrected chi connectivity index (χ2v) is 7.33. The Hall–Kier alpha value is -2.06. The molecule has 3 heterocycles. The van der Waals surface area contributed by atoms with Crippen LogP contribution in [-0.4, -0.2) is 38.1 Å². The van der Waals surface area contributed by atoms with Crippen LogP contribution in [0.4, 0.5) is 4.39 Å². The van der Waals surface area contributed by atoms with E-state index in [1.165, 1.54) is 6.08 Å². The van der Waals surface area contributed by atoms with Crippen LogP contribution in [0.25, 0.3) is 11.4 Å². The van der Waals surface area contributed by atoms with Gasteiger partial charge >= 0.3 is 7.12 Å². The minimum atomic E-state index is -0.985. The molecular formula is C18H24BFN4O2.